The lowest BCUT2D eigenvalue weighted by atomic mass is 9.94. The maximum Gasteiger partial charge on any atom is 0.240 e. The van der Waals surface area contributed by atoms with Crippen molar-refractivity contribution in [2.24, 2.45) is 0 Å². The van der Waals surface area contributed by atoms with Gasteiger partial charge in [0.15, 0.2) is 0 Å². The molecule has 0 spiro atoms. The fraction of sp³-hybridized carbons (Fsp3) is 0.350. The number of fused-ring (bicyclic) bond motifs is 1. The topological polar surface area (TPSA) is 75.5 Å². The highest BCUT2D eigenvalue weighted by molar-refractivity contribution is 5.94. The van der Waals surface area contributed by atoms with Gasteiger partial charge in [0.05, 0.1) is 12.6 Å². The number of hydrogen-bond acceptors (Lipinski definition) is 4. The van der Waals surface area contributed by atoms with Crippen LogP contribution in [0.4, 0.5) is 0 Å². The van der Waals surface area contributed by atoms with E-state index in [2.05, 4.69) is 41.7 Å². The van der Waals surface area contributed by atoms with Gasteiger partial charge in [-0.05, 0) is 28.3 Å². The lowest BCUT2D eigenvalue weighted by Gasteiger charge is -2.29. The Morgan fingerprint density at radius 3 is 2.73 bits per heavy atom. The third-order valence-corrected chi connectivity index (χ3v) is 5.36. The summed E-state index contributed by atoms with van der Waals surface area (Å²) in [5, 5.41) is 16.3. The van der Waals surface area contributed by atoms with Crippen molar-refractivity contribution in [2.75, 3.05) is 19.6 Å². The van der Waals surface area contributed by atoms with Crippen molar-refractivity contribution in [2.45, 2.75) is 24.9 Å². The van der Waals surface area contributed by atoms with E-state index in [4.69, 9.17) is 0 Å². The number of carbonyl (C=O) groups is 1. The van der Waals surface area contributed by atoms with E-state index in [9.17, 15) is 14.9 Å². The summed E-state index contributed by atoms with van der Waals surface area (Å²) in [6.45, 7) is 1.47. The van der Waals surface area contributed by atoms with Gasteiger partial charge in [-0.25, -0.2) is 0 Å². The molecule has 0 radical (unpaired) electrons. The second kappa shape index (κ2) is 6.88. The Kier molecular flexibility index (Phi) is 4.42. The van der Waals surface area contributed by atoms with E-state index in [0.717, 1.165) is 6.42 Å². The molecule has 0 bridgehead atoms. The summed E-state index contributed by atoms with van der Waals surface area (Å²) in [4.78, 5) is 25.0. The third-order valence-electron chi connectivity index (χ3n) is 5.36. The van der Waals surface area contributed by atoms with Gasteiger partial charge < -0.3 is 4.90 Å². The highest BCUT2D eigenvalue weighted by Crippen LogP contribution is 2.29. The van der Waals surface area contributed by atoms with Gasteiger partial charge in [0.25, 0.3) is 0 Å². The molecule has 2 aromatic carbocycles. The summed E-state index contributed by atoms with van der Waals surface area (Å²) in [7, 11) is 0. The molecule has 2 aliphatic rings. The Hall–Kier alpha value is -2.73. The summed E-state index contributed by atoms with van der Waals surface area (Å²) in [6.07, 6.45) is 3.19. The van der Waals surface area contributed by atoms with Crippen LogP contribution in [-0.4, -0.2) is 47.4 Å². The van der Waals surface area contributed by atoms with Crippen LogP contribution in [-0.2, 0) is 4.79 Å². The van der Waals surface area contributed by atoms with E-state index in [-0.39, 0.29) is 23.8 Å². The summed E-state index contributed by atoms with van der Waals surface area (Å²) >= 11 is 0. The fourth-order valence-corrected chi connectivity index (χ4v) is 3.91. The minimum absolute atomic E-state index is 0.0254. The molecular formula is C20H21N3O3. The van der Waals surface area contributed by atoms with Crippen LogP contribution in [0.2, 0.25) is 0 Å². The van der Waals surface area contributed by atoms with Crippen LogP contribution < -0.4 is 5.32 Å². The van der Waals surface area contributed by atoms with Crippen LogP contribution in [0.25, 0.3) is 16.3 Å². The molecule has 134 valence electrons. The highest BCUT2D eigenvalue weighted by Gasteiger charge is 2.38. The molecule has 0 aliphatic carbocycles. The Labute approximate surface area is 151 Å². The second-order valence-corrected chi connectivity index (χ2v) is 6.93. The maximum atomic E-state index is 12.6. The first kappa shape index (κ1) is 16.7. The van der Waals surface area contributed by atoms with Gasteiger partial charge in [-0.3, -0.25) is 20.2 Å². The van der Waals surface area contributed by atoms with Crippen LogP contribution in [0.5, 0.6) is 0 Å². The van der Waals surface area contributed by atoms with Crippen molar-refractivity contribution in [3.05, 3.63) is 64.2 Å². The molecule has 2 heterocycles. The van der Waals surface area contributed by atoms with Gasteiger partial charge in [-0.1, -0.05) is 48.5 Å². The van der Waals surface area contributed by atoms with E-state index in [1.165, 1.54) is 21.9 Å². The molecule has 6 nitrogen and oxygen atoms in total. The predicted molar refractivity (Wildman–Crippen MR) is 100 cm³/mol. The zero-order chi connectivity index (χ0) is 18.1. The average Bonchev–Trinajstić information content (AvgIpc) is 3.18. The third kappa shape index (κ3) is 3.08. The summed E-state index contributed by atoms with van der Waals surface area (Å²) in [5.74, 6) is -0.0254. The first-order chi connectivity index (χ1) is 12.6. The number of hydrogen-bond donors (Lipinski definition) is 1. The number of nitrogens with one attached hydrogen (secondary N) is 1. The van der Waals surface area contributed by atoms with Crippen molar-refractivity contribution in [3.63, 3.8) is 0 Å². The molecule has 4 rings (SSSR count). The largest absolute Gasteiger partial charge is 0.337 e. The van der Waals surface area contributed by atoms with Gasteiger partial charge in [0.1, 0.15) is 0 Å². The summed E-state index contributed by atoms with van der Waals surface area (Å²) < 4.78 is 0. The predicted octanol–water partition coefficient (Wildman–Crippen LogP) is 2.46. The van der Waals surface area contributed by atoms with Crippen molar-refractivity contribution in [1.29, 1.82) is 0 Å². The zero-order valence-electron chi connectivity index (χ0n) is 14.4. The van der Waals surface area contributed by atoms with Crippen LogP contribution in [0, 0.1) is 10.1 Å². The molecule has 2 aromatic rings. The number of rotatable bonds is 3. The lowest BCUT2D eigenvalue weighted by Crippen LogP contribution is -2.45. The highest BCUT2D eigenvalue weighted by atomic mass is 16.6. The van der Waals surface area contributed by atoms with Gasteiger partial charge in [-0.2, -0.15) is 0 Å². The average molecular weight is 351 g/mol. The molecule has 0 saturated carbocycles. The summed E-state index contributed by atoms with van der Waals surface area (Å²) in [6, 6.07) is 13.5. The van der Waals surface area contributed by atoms with Crippen molar-refractivity contribution >= 4 is 22.3 Å². The van der Waals surface area contributed by atoms with Crippen LogP contribution >= 0.6 is 0 Å². The van der Waals surface area contributed by atoms with Crippen molar-refractivity contribution in [1.82, 2.24) is 10.2 Å². The number of carbonyl (C=O) groups excluding carboxylic acids is 1. The van der Waals surface area contributed by atoms with Gasteiger partial charge in [0.2, 0.25) is 11.9 Å². The maximum absolute atomic E-state index is 12.6. The second-order valence-electron chi connectivity index (χ2n) is 6.93. The Morgan fingerprint density at radius 1 is 1.19 bits per heavy atom. The SMILES string of the molecule is O=C(C1CC([N+](=O)[O-])CN1)N1CC=C(c2cccc3ccccc23)CC1. The molecular weight excluding hydrogens is 330 g/mol. The molecule has 1 amide bonds. The molecule has 1 N–H and O–H groups in total. The number of nitrogens with zero attached hydrogens (tertiary/aromatic N) is 2. The van der Waals surface area contributed by atoms with Gasteiger partial charge in [-0.15, -0.1) is 0 Å². The minimum Gasteiger partial charge on any atom is -0.337 e. The number of amides is 1. The molecule has 6 heteroatoms. The molecule has 2 atom stereocenters. The standard InChI is InChI=1S/C20H21N3O3/c24-20(19-12-16(13-21-19)23(25)26)22-10-8-15(9-11-22)18-7-3-5-14-4-1-2-6-17(14)18/h1-8,16,19,21H,9-13H2. The Morgan fingerprint density at radius 2 is 2.00 bits per heavy atom. The molecule has 26 heavy (non-hydrogen) atoms. The first-order valence-electron chi connectivity index (χ1n) is 8.96. The first-order valence-corrected chi connectivity index (χ1v) is 8.96. The molecule has 0 aromatic heterocycles. The quantitative estimate of drug-likeness (QED) is 0.681. The van der Waals surface area contributed by atoms with Crippen molar-refractivity contribution < 1.29 is 9.72 Å². The monoisotopic (exact) mass is 351 g/mol. The zero-order valence-corrected chi connectivity index (χ0v) is 14.4. The Balaban J connectivity index is 1.48. The number of nitro groups is 1. The molecule has 1 saturated heterocycles. The smallest absolute Gasteiger partial charge is 0.240 e. The molecule has 1 fully saturated rings. The van der Waals surface area contributed by atoms with Gasteiger partial charge >= 0.3 is 0 Å². The van der Waals surface area contributed by atoms with Crippen LogP contribution in [0.15, 0.2) is 48.5 Å². The van der Waals surface area contributed by atoms with E-state index < -0.39 is 12.1 Å². The van der Waals surface area contributed by atoms with Crippen LogP contribution in [0.1, 0.15) is 18.4 Å². The van der Waals surface area contributed by atoms with E-state index in [0.29, 0.717) is 13.1 Å². The van der Waals surface area contributed by atoms with Crippen molar-refractivity contribution in [3.8, 4) is 0 Å². The minimum atomic E-state index is -0.657. The van der Waals surface area contributed by atoms with Crippen LogP contribution in [0.3, 0.4) is 0 Å². The number of benzene rings is 2. The van der Waals surface area contributed by atoms with E-state index in [1.807, 2.05) is 12.1 Å². The summed E-state index contributed by atoms with van der Waals surface area (Å²) in [5.41, 5.74) is 2.48. The fourth-order valence-electron chi connectivity index (χ4n) is 3.91. The van der Waals surface area contributed by atoms with E-state index in [1.54, 1.807) is 4.90 Å². The van der Waals surface area contributed by atoms with Gasteiger partial charge in [0, 0.05) is 24.4 Å². The normalized spacial score (nSPS) is 23.1. The Bertz CT molecular complexity index is 888. The van der Waals surface area contributed by atoms with E-state index >= 15 is 0 Å². The lowest BCUT2D eigenvalue weighted by molar-refractivity contribution is -0.517. The molecule has 2 unspecified atom stereocenters. The molecule has 2 aliphatic heterocycles.